The van der Waals surface area contributed by atoms with Crippen molar-refractivity contribution < 1.29 is 0 Å². The minimum Gasteiger partial charge on any atom is -0.309 e. The number of thiazole rings is 1. The zero-order valence-electron chi connectivity index (χ0n) is 9.79. The van der Waals surface area contributed by atoms with Crippen LogP contribution in [0.25, 0.3) is 0 Å². The number of hydrogen-bond donors (Lipinski definition) is 1. The standard InChI is InChI=1S/C12H20N2S/c1-8(2)4-12-14-7-10(15-12)6-13-11-5-9(11)3/h7-9,11,13H,4-6H2,1-3H3. The Morgan fingerprint density at radius 2 is 2.33 bits per heavy atom. The summed E-state index contributed by atoms with van der Waals surface area (Å²) >= 11 is 1.86. The van der Waals surface area contributed by atoms with E-state index in [0.29, 0.717) is 5.92 Å². The molecule has 0 aliphatic heterocycles. The van der Waals surface area contributed by atoms with Gasteiger partial charge in [0.25, 0.3) is 0 Å². The SMILES string of the molecule is CC(C)Cc1ncc(CNC2CC2C)s1. The van der Waals surface area contributed by atoms with Gasteiger partial charge in [-0.05, 0) is 18.3 Å². The van der Waals surface area contributed by atoms with E-state index in [-0.39, 0.29) is 0 Å². The molecule has 1 aromatic heterocycles. The Labute approximate surface area is 96.1 Å². The molecule has 1 saturated carbocycles. The number of rotatable bonds is 5. The highest BCUT2D eigenvalue weighted by Gasteiger charge is 2.31. The third-order valence-corrected chi connectivity index (χ3v) is 3.85. The molecule has 3 heteroatoms. The fourth-order valence-corrected chi connectivity index (χ4v) is 2.80. The van der Waals surface area contributed by atoms with Crippen LogP contribution in [0.5, 0.6) is 0 Å². The van der Waals surface area contributed by atoms with Crippen molar-refractivity contribution in [3.63, 3.8) is 0 Å². The highest BCUT2D eigenvalue weighted by atomic mass is 32.1. The Morgan fingerprint density at radius 3 is 2.93 bits per heavy atom. The Kier molecular flexibility index (Phi) is 3.42. The van der Waals surface area contributed by atoms with E-state index in [0.717, 1.165) is 24.9 Å². The molecule has 1 N–H and O–H groups in total. The average Bonchev–Trinajstić information content (AvgIpc) is 2.68. The molecule has 2 atom stereocenters. The molecule has 84 valence electrons. The second-order valence-corrected chi connectivity index (χ2v) is 6.22. The molecule has 0 bridgehead atoms. The minimum absolute atomic E-state index is 0.709. The maximum Gasteiger partial charge on any atom is 0.0930 e. The van der Waals surface area contributed by atoms with Gasteiger partial charge in [-0.1, -0.05) is 20.8 Å². The summed E-state index contributed by atoms with van der Waals surface area (Å²) in [6.07, 6.45) is 4.49. The van der Waals surface area contributed by atoms with Gasteiger partial charge in [-0.2, -0.15) is 0 Å². The zero-order valence-corrected chi connectivity index (χ0v) is 10.6. The first kappa shape index (κ1) is 11.1. The molecular weight excluding hydrogens is 204 g/mol. The van der Waals surface area contributed by atoms with Gasteiger partial charge in [0.15, 0.2) is 0 Å². The number of hydrogen-bond acceptors (Lipinski definition) is 3. The summed E-state index contributed by atoms with van der Waals surface area (Å²) in [5.41, 5.74) is 0. The molecule has 0 aromatic carbocycles. The Hall–Kier alpha value is -0.410. The fraction of sp³-hybridized carbons (Fsp3) is 0.750. The zero-order chi connectivity index (χ0) is 10.8. The van der Waals surface area contributed by atoms with Gasteiger partial charge in [-0.15, -0.1) is 11.3 Å². The van der Waals surface area contributed by atoms with Crippen LogP contribution in [0.2, 0.25) is 0 Å². The van der Waals surface area contributed by atoms with Crippen LogP contribution < -0.4 is 5.32 Å². The van der Waals surface area contributed by atoms with Crippen LogP contribution >= 0.6 is 11.3 Å². The molecule has 15 heavy (non-hydrogen) atoms. The number of nitrogens with one attached hydrogen (secondary N) is 1. The van der Waals surface area contributed by atoms with Crippen LogP contribution in [-0.4, -0.2) is 11.0 Å². The maximum absolute atomic E-state index is 4.45. The summed E-state index contributed by atoms with van der Waals surface area (Å²) in [4.78, 5) is 5.83. The quantitative estimate of drug-likeness (QED) is 0.832. The van der Waals surface area contributed by atoms with E-state index in [2.05, 4.69) is 31.1 Å². The van der Waals surface area contributed by atoms with Gasteiger partial charge in [0, 0.05) is 30.1 Å². The molecule has 1 heterocycles. The van der Waals surface area contributed by atoms with E-state index < -0.39 is 0 Å². The van der Waals surface area contributed by atoms with E-state index in [1.165, 1.54) is 16.3 Å². The van der Waals surface area contributed by atoms with Crippen molar-refractivity contribution in [2.24, 2.45) is 11.8 Å². The normalized spacial score (nSPS) is 24.8. The lowest BCUT2D eigenvalue weighted by atomic mass is 10.1. The molecule has 1 aliphatic rings. The first-order valence-corrected chi connectivity index (χ1v) is 6.63. The molecule has 1 aromatic rings. The summed E-state index contributed by atoms with van der Waals surface area (Å²) in [5, 5.41) is 4.84. The van der Waals surface area contributed by atoms with Gasteiger partial charge < -0.3 is 5.32 Å². The second-order valence-electron chi connectivity index (χ2n) is 5.02. The van der Waals surface area contributed by atoms with Gasteiger partial charge in [0.2, 0.25) is 0 Å². The van der Waals surface area contributed by atoms with Gasteiger partial charge in [-0.25, -0.2) is 4.98 Å². The molecule has 0 saturated heterocycles. The van der Waals surface area contributed by atoms with Crippen molar-refractivity contribution in [3.05, 3.63) is 16.1 Å². The van der Waals surface area contributed by atoms with Crippen LogP contribution in [0.4, 0.5) is 0 Å². The van der Waals surface area contributed by atoms with Crippen molar-refractivity contribution in [1.29, 1.82) is 0 Å². The smallest absolute Gasteiger partial charge is 0.0930 e. The molecule has 1 aliphatic carbocycles. The average molecular weight is 224 g/mol. The fourth-order valence-electron chi connectivity index (χ4n) is 1.71. The lowest BCUT2D eigenvalue weighted by Crippen LogP contribution is -2.16. The van der Waals surface area contributed by atoms with Crippen LogP contribution in [0.3, 0.4) is 0 Å². The Balaban J connectivity index is 1.79. The van der Waals surface area contributed by atoms with Crippen molar-refractivity contribution in [2.75, 3.05) is 0 Å². The molecule has 2 unspecified atom stereocenters. The molecular formula is C12H20N2S. The summed E-state index contributed by atoms with van der Waals surface area (Å²) in [6, 6.07) is 0.764. The molecule has 0 amide bonds. The number of aromatic nitrogens is 1. The van der Waals surface area contributed by atoms with Crippen molar-refractivity contribution in [3.8, 4) is 0 Å². The predicted molar refractivity (Wildman–Crippen MR) is 65.1 cm³/mol. The third-order valence-electron chi connectivity index (χ3n) is 2.83. The van der Waals surface area contributed by atoms with E-state index in [1.54, 1.807) is 0 Å². The highest BCUT2D eigenvalue weighted by molar-refractivity contribution is 7.11. The van der Waals surface area contributed by atoms with E-state index in [1.807, 2.05) is 17.5 Å². The first-order chi connectivity index (χ1) is 7.15. The largest absolute Gasteiger partial charge is 0.309 e. The lowest BCUT2D eigenvalue weighted by Gasteiger charge is -2.00. The van der Waals surface area contributed by atoms with Crippen LogP contribution in [-0.2, 0) is 13.0 Å². The van der Waals surface area contributed by atoms with Crippen LogP contribution in [0, 0.1) is 11.8 Å². The van der Waals surface area contributed by atoms with Gasteiger partial charge in [0.05, 0.1) is 5.01 Å². The second kappa shape index (κ2) is 4.62. The van der Waals surface area contributed by atoms with E-state index >= 15 is 0 Å². The van der Waals surface area contributed by atoms with E-state index in [9.17, 15) is 0 Å². The third kappa shape index (κ3) is 3.28. The molecule has 0 radical (unpaired) electrons. The molecule has 0 spiro atoms. The summed E-state index contributed by atoms with van der Waals surface area (Å²) in [7, 11) is 0. The minimum atomic E-state index is 0.709. The van der Waals surface area contributed by atoms with Gasteiger partial charge in [-0.3, -0.25) is 0 Å². The lowest BCUT2D eigenvalue weighted by molar-refractivity contribution is 0.644. The predicted octanol–water partition coefficient (Wildman–Crippen LogP) is 2.84. The topological polar surface area (TPSA) is 24.9 Å². The summed E-state index contributed by atoms with van der Waals surface area (Å²) in [5.74, 6) is 1.59. The van der Waals surface area contributed by atoms with Crippen molar-refractivity contribution in [1.82, 2.24) is 10.3 Å². The first-order valence-electron chi connectivity index (χ1n) is 5.82. The maximum atomic E-state index is 4.45. The highest BCUT2D eigenvalue weighted by Crippen LogP contribution is 2.29. The monoisotopic (exact) mass is 224 g/mol. The summed E-state index contributed by atoms with van der Waals surface area (Å²) < 4.78 is 0. The Bertz CT molecular complexity index is 319. The Morgan fingerprint density at radius 1 is 1.60 bits per heavy atom. The van der Waals surface area contributed by atoms with Crippen molar-refractivity contribution in [2.45, 2.75) is 46.2 Å². The summed E-state index contributed by atoms with van der Waals surface area (Å²) in [6.45, 7) is 7.79. The molecule has 2 rings (SSSR count). The van der Waals surface area contributed by atoms with Crippen LogP contribution in [0.15, 0.2) is 6.20 Å². The van der Waals surface area contributed by atoms with Crippen molar-refractivity contribution >= 4 is 11.3 Å². The van der Waals surface area contributed by atoms with Gasteiger partial charge >= 0.3 is 0 Å². The van der Waals surface area contributed by atoms with Gasteiger partial charge in [0.1, 0.15) is 0 Å². The molecule has 2 nitrogen and oxygen atoms in total. The molecule has 1 fully saturated rings. The van der Waals surface area contributed by atoms with E-state index in [4.69, 9.17) is 0 Å². The van der Waals surface area contributed by atoms with Crippen LogP contribution in [0.1, 0.15) is 37.1 Å². The number of nitrogens with zero attached hydrogens (tertiary/aromatic N) is 1.